The maximum absolute atomic E-state index is 12.5. The first kappa shape index (κ1) is 17.3. The van der Waals surface area contributed by atoms with E-state index in [1.165, 1.54) is 22.4 Å². The van der Waals surface area contributed by atoms with Crippen LogP contribution in [0.25, 0.3) is 0 Å². The summed E-state index contributed by atoms with van der Waals surface area (Å²) in [5.41, 5.74) is 6.00. The molecule has 2 amide bonds. The molecule has 1 aliphatic heterocycles. The quantitative estimate of drug-likeness (QED) is 0.910. The van der Waals surface area contributed by atoms with Crippen molar-refractivity contribution in [2.45, 2.75) is 27.2 Å². The van der Waals surface area contributed by atoms with Crippen LogP contribution in [0.4, 0.5) is 16.2 Å². The van der Waals surface area contributed by atoms with Gasteiger partial charge in [-0.1, -0.05) is 36.8 Å². The van der Waals surface area contributed by atoms with Crippen LogP contribution in [0, 0.1) is 13.8 Å². The molecule has 0 aliphatic carbocycles. The maximum Gasteiger partial charge on any atom is 0.321 e. The van der Waals surface area contributed by atoms with Gasteiger partial charge in [0.25, 0.3) is 0 Å². The van der Waals surface area contributed by atoms with E-state index >= 15 is 0 Å². The van der Waals surface area contributed by atoms with Crippen LogP contribution in [0.1, 0.15) is 23.6 Å². The molecule has 1 saturated heterocycles. The van der Waals surface area contributed by atoms with Crippen molar-refractivity contribution >= 4 is 17.4 Å². The second-order valence-electron chi connectivity index (χ2n) is 6.74. The van der Waals surface area contributed by atoms with Gasteiger partial charge in [0.1, 0.15) is 0 Å². The number of nitrogens with zero attached hydrogens (tertiary/aromatic N) is 2. The highest BCUT2D eigenvalue weighted by Gasteiger charge is 2.22. The summed E-state index contributed by atoms with van der Waals surface area (Å²) < 4.78 is 0. The molecule has 0 aromatic heterocycles. The molecule has 4 heteroatoms. The zero-order valence-corrected chi connectivity index (χ0v) is 15.4. The van der Waals surface area contributed by atoms with Gasteiger partial charge in [-0.25, -0.2) is 4.79 Å². The van der Waals surface area contributed by atoms with E-state index in [1.54, 1.807) is 0 Å². The van der Waals surface area contributed by atoms with Crippen LogP contribution < -0.4 is 10.2 Å². The summed E-state index contributed by atoms with van der Waals surface area (Å²) in [6, 6.07) is 14.6. The van der Waals surface area contributed by atoms with Crippen LogP contribution in [0.15, 0.2) is 42.5 Å². The van der Waals surface area contributed by atoms with Crippen molar-refractivity contribution in [2.24, 2.45) is 0 Å². The van der Waals surface area contributed by atoms with Gasteiger partial charge in [-0.15, -0.1) is 0 Å². The van der Waals surface area contributed by atoms with E-state index in [9.17, 15) is 4.79 Å². The van der Waals surface area contributed by atoms with Gasteiger partial charge in [0.2, 0.25) is 0 Å². The van der Waals surface area contributed by atoms with E-state index in [2.05, 4.69) is 61.3 Å². The van der Waals surface area contributed by atoms with E-state index in [0.29, 0.717) is 0 Å². The van der Waals surface area contributed by atoms with E-state index in [1.807, 2.05) is 17.0 Å². The number of carbonyl (C=O) groups is 1. The molecule has 2 aromatic rings. The van der Waals surface area contributed by atoms with Gasteiger partial charge in [0, 0.05) is 37.6 Å². The van der Waals surface area contributed by atoms with Crippen molar-refractivity contribution in [1.82, 2.24) is 4.90 Å². The van der Waals surface area contributed by atoms with Crippen LogP contribution >= 0.6 is 0 Å². The number of hydrogen-bond donors (Lipinski definition) is 1. The molecule has 0 atom stereocenters. The van der Waals surface area contributed by atoms with Crippen LogP contribution in [0.3, 0.4) is 0 Å². The van der Waals surface area contributed by atoms with Gasteiger partial charge in [-0.05, 0) is 49.6 Å². The van der Waals surface area contributed by atoms with Gasteiger partial charge >= 0.3 is 6.03 Å². The van der Waals surface area contributed by atoms with E-state index in [-0.39, 0.29) is 6.03 Å². The zero-order chi connectivity index (χ0) is 17.8. The summed E-state index contributed by atoms with van der Waals surface area (Å²) in [4.78, 5) is 16.7. The Kier molecular flexibility index (Phi) is 5.27. The SMILES string of the molecule is CCc1ccc(NC(=O)N2CCN(c3ccc(C)cc3C)CC2)cc1. The summed E-state index contributed by atoms with van der Waals surface area (Å²) in [5, 5.41) is 3.00. The Balaban J connectivity index is 1.56. The minimum atomic E-state index is -0.00970. The Morgan fingerprint density at radius 2 is 1.68 bits per heavy atom. The van der Waals surface area contributed by atoms with Gasteiger partial charge in [-0.2, -0.15) is 0 Å². The van der Waals surface area contributed by atoms with Crippen LogP contribution in [0.5, 0.6) is 0 Å². The lowest BCUT2D eigenvalue weighted by Gasteiger charge is -2.36. The normalized spacial score (nSPS) is 14.5. The highest BCUT2D eigenvalue weighted by atomic mass is 16.2. The second-order valence-corrected chi connectivity index (χ2v) is 6.74. The zero-order valence-electron chi connectivity index (χ0n) is 15.4. The van der Waals surface area contributed by atoms with Gasteiger partial charge < -0.3 is 15.1 Å². The Labute approximate surface area is 150 Å². The van der Waals surface area contributed by atoms with Crippen LogP contribution in [-0.2, 0) is 6.42 Å². The molecule has 4 nitrogen and oxygen atoms in total. The molecule has 0 unspecified atom stereocenters. The van der Waals surface area contributed by atoms with Crippen molar-refractivity contribution in [1.29, 1.82) is 0 Å². The molecule has 1 heterocycles. The molecule has 1 N–H and O–H groups in total. The number of nitrogens with one attached hydrogen (secondary N) is 1. The Morgan fingerprint density at radius 1 is 1.00 bits per heavy atom. The Hall–Kier alpha value is -2.49. The minimum Gasteiger partial charge on any atom is -0.368 e. The predicted molar refractivity (Wildman–Crippen MR) is 105 cm³/mol. The smallest absolute Gasteiger partial charge is 0.321 e. The Morgan fingerprint density at radius 3 is 2.28 bits per heavy atom. The molecule has 0 saturated carbocycles. The number of urea groups is 1. The third-order valence-electron chi connectivity index (χ3n) is 4.87. The first-order valence-corrected chi connectivity index (χ1v) is 9.04. The van der Waals surface area contributed by atoms with Crippen molar-refractivity contribution in [2.75, 3.05) is 36.4 Å². The third kappa shape index (κ3) is 4.13. The number of benzene rings is 2. The molecule has 1 aliphatic rings. The standard InChI is InChI=1S/C21H27N3O/c1-4-18-6-8-19(9-7-18)22-21(25)24-13-11-23(12-14-24)20-10-5-16(2)15-17(20)3/h5-10,15H,4,11-14H2,1-3H3,(H,22,25). The van der Waals surface area contributed by atoms with Gasteiger partial charge in [-0.3, -0.25) is 0 Å². The summed E-state index contributed by atoms with van der Waals surface area (Å²) in [5.74, 6) is 0. The lowest BCUT2D eigenvalue weighted by atomic mass is 10.1. The predicted octanol–water partition coefficient (Wildman–Crippen LogP) is 4.22. The van der Waals surface area contributed by atoms with E-state index < -0.39 is 0 Å². The number of hydrogen-bond acceptors (Lipinski definition) is 2. The largest absolute Gasteiger partial charge is 0.368 e. The van der Waals surface area contributed by atoms with E-state index in [4.69, 9.17) is 0 Å². The second kappa shape index (κ2) is 7.60. The molecule has 2 aromatic carbocycles. The number of anilines is 2. The van der Waals surface area contributed by atoms with E-state index in [0.717, 1.165) is 38.3 Å². The average Bonchev–Trinajstić information content (AvgIpc) is 2.62. The highest BCUT2D eigenvalue weighted by molar-refractivity contribution is 5.89. The van der Waals surface area contributed by atoms with Gasteiger partial charge in [0.15, 0.2) is 0 Å². The summed E-state index contributed by atoms with van der Waals surface area (Å²) >= 11 is 0. The van der Waals surface area contributed by atoms with Gasteiger partial charge in [0.05, 0.1) is 0 Å². The average molecular weight is 337 g/mol. The fourth-order valence-corrected chi connectivity index (χ4v) is 3.34. The molecular weight excluding hydrogens is 310 g/mol. The molecule has 132 valence electrons. The van der Waals surface area contributed by atoms with Crippen molar-refractivity contribution < 1.29 is 4.79 Å². The van der Waals surface area contributed by atoms with Crippen LogP contribution in [-0.4, -0.2) is 37.1 Å². The fourth-order valence-electron chi connectivity index (χ4n) is 3.34. The monoisotopic (exact) mass is 337 g/mol. The third-order valence-corrected chi connectivity index (χ3v) is 4.87. The first-order chi connectivity index (χ1) is 12.1. The van der Waals surface area contributed by atoms with Crippen molar-refractivity contribution in [3.05, 3.63) is 59.2 Å². The lowest BCUT2D eigenvalue weighted by molar-refractivity contribution is 0.208. The number of amides is 2. The molecule has 25 heavy (non-hydrogen) atoms. The molecule has 3 rings (SSSR count). The maximum atomic E-state index is 12.5. The molecular formula is C21H27N3O. The molecule has 0 radical (unpaired) electrons. The van der Waals surface area contributed by atoms with Crippen molar-refractivity contribution in [3.63, 3.8) is 0 Å². The minimum absolute atomic E-state index is 0.00970. The number of carbonyl (C=O) groups excluding carboxylic acids is 1. The summed E-state index contributed by atoms with van der Waals surface area (Å²) in [6.07, 6.45) is 1.01. The fraction of sp³-hybridized carbons (Fsp3) is 0.381. The highest BCUT2D eigenvalue weighted by Crippen LogP contribution is 2.22. The number of piperazine rings is 1. The Bertz CT molecular complexity index is 731. The molecule has 0 spiro atoms. The first-order valence-electron chi connectivity index (χ1n) is 9.04. The number of aryl methyl sites for hydroxylation is 3. The number of rotatable bonds is 3. The summed E-state index contributed by atoms with van der Waals surface area (Å²) in [6.45, 7) is 9.62. The van der Waals surface area contributed by atoms with Crippen molar-refractivity contribution in [3.8, 4) is 0 Å². The summed E-state index contributed by atoms with van der Waals surface area (Å²) in [7, 11) is 0. The molecule has 1 fully saturated rings. The lowest BCUT2D eigenvalue weighted by Crippen LogP contribution is -2.50. The van der Waals surface area contributed by atoms with Crippen LogP contribution in [0.2, 0.25) is 0 Å². The molecule has 0 bridgehead atoms. The topological polar surface area (TPSA) is 35.6 Å².